The second kappa shape index (κ2) is 11.6. The number of nitrogens with zero attached hydrogens (tertiary/aromatic N) is 1. The van der Waals surface area contributed by atoms with Crippen LogP contribution in [-0.4, -0.2) is 24.5 Å². The molecule has 7 nitrogen and oxygen atoms in total. The molecule has 1 saturated heterocycles. The molecular weight excluding hydrogens is 563 g/mol. The highest BCUT2D eigenvalue weighted by Gasteiger charge is 2.37. The minimum atomic E-state index is -0.863. The minimum absolute atomic E-state index is 0.238. The summed E-state index contributed by atoms with van der Waals surface area (Å²) >= 11 is 12.9. The predicted molar refractivity (Wildman–Crippen MR) is 161 cm³/mol. The third-order valence-electron chi connectivity index (χ3n) is 6.79. The lowest BCUT2D eigenvalue weighted by Gasteiger charge is -2.26. The fraction of sp³-hybridized carbons (Fsp3) is 0.156. The number of rotatable bonds is 7. The summed E-state index contributed by atoms with van der Waals surface area (Å²) in [5.74, 6) is -0.921. The molecule has 5 rings (SSSR count). The van der Waals surface area contributed by atoms with Crippen LogP contribution in [0.2, 0.25) is 10.0 Å². The standard InChI is InChI=1S/C32H26Cl2N2O5/c1-4-40-28-15-20(13-24-30(37)35-32(39)36(31(24)38)22-12-10-19(3)26(33)16-22)14-27(34)29(28)41-17-25-18(2)9-11-21-7-5-6-8-23(21)25/h5-16H,4,17H2,1-3H3,(H,35,37,39)/b24-13+. The van der Waals surface area contributed by atoms with Gasteiger partial charge in [-0.2, -0.15) is 0 Å². The van der Waals surface area contributed by atoms with E-state index in [9.17, 15) is 14.4 Å². The molecule has 0 spiro atoms. The van der Waals surface area contributed by atoms with Crippen LogP contribution >= 0.6 is 23.2 Å². The lowest BCUT2D eigenvalue weighted by Crippen LogP contribution is -2.54. The van der Waals surface area contributed by atoms with E-state index in [1.807, 2.05) is 44.2 Å². The van der Waals surface area contributed by atoms with Gasteiger partial charge >= 0.3 is 6.03 Å². The average molecular weight is 589 g/mol. The molecule has 0 unspecified atom stereocenters. The van der Waals surface area contributed by atoms with Gasteiger partial charge in [0.15, 0.2) is 11.5 Å². The molecule has 1 aliphatic rings. The van der Waals surface area contributed by atoms with Gasteiger partial charge in [-0.25, -0.2) is 9.69 Å². The molecule has 1 heterocycles. The van der Waals surface area contributed by atoms with Gasteiger partial charge in [-0.05, 0) is 78.6 Å². The Morgan fingerprint density at radius 2 is 1.63 bits per heavy atom. The van der Waals surface area contributed by atoms with Crippen LogP contribution in [0.5, 0.6) is 11.5 Å². The molecule has 4 aromatic rings. The fourth-order valence-electron chi connectivity index (χ4n) is 4.63. The van der Waals surface area contributed by atoms with Crippen molar-refractivity contribution in [3.05, 3.63) is 105 Å². The summed E-state index contributed by atoms with van der Waals surface area (Å²) in [6.45, 7) is 6.23. The molecular formula is C32H26Cl2N2O5. The lowest BCUT2D eigenvalue weighted by molar-refractivity contribution is -0.122. The number of carbonyl (C=O) groups excluding carboxylic acids is 3. The normalized spacial score (nSPS) is 14.5. The zero-order chi connectivity index (χ0) is 29.3. The maximum Gasteiger partial charge on any atom is 0.335 e. The third-order valence-corrected chi connectivity index (χ3v) is 7.48. The Morgan fingerprint density at radius 3 is 2.39 bits per heavy atom. The molecule has 41 heavy (non-hydrogen) atoms. The number of hydrogen-bond donors (Lipinski definition) is 1. The van der Waals surface area contributed by atoms with Crippen LogP contribution in [0.25, 0.3) is 16.8 Å². The Balaban J connectivity index is 1.48. The summed E-state index contributed by atoms with van der Waals surface area (Å²) in [5, 5.41) is 5.02. The average Bonchev–Trinajstić information content (AvgIpc) is 2.93. The minimum Gasteiger partial charge on any atom is -0.490 e. The zero-order valence-electron chi connectivity index (χ0n) is 22.6. The predicted octanol–water partition coefficient (Wildman–Crippen LogP) is 7.41. The first kappa shape index (κ1) is 28.2. The van der Waals surface area contributed by atoms with Gasteiger partial charge in [0.1, 0.15) is 12.2 Å². The van der Waals surface area contributed by atoms with E-state index in [0.717, 1.165) is 32.4 Å². The van der Waals surface area contributed by atoms with Crippen LogP contribution in [0.15, 0.2) is 72.3 Å². The summed E-state index contributed by atoms with van der Waals surface area (Å²) in [6, 6.07) is 19.3. The summed E-state index contributed by atoms with van der Waals surface area (Å²) in [6.07, 6.45) is 1.36. The number of aryl methyl sites for hydroxylation is 2. The first-order chi connectivity index (χ1) is 19.7. The molecule has 0 aromatic heterocycles. The molecule has 1 N–H and O–H groups in total. The fourth-order valence-corrected chi connectivity index (χ4v) is 5.08. The number of barbiturate groups is 1. The van der Waals surface area contributed by atoms with Crippen molar-refractivity contribution >= 4 is 63.6 Å². The molecule has 0 bridgehead atoms. The van der Waals surface area contributed by atoms with E-state index in [1.54, 1.807) is 31.2 Å². The molecule has 1 fully saturated rings. The van der Waals surface area contributed by atoms with Gasteiger partial charge in [0.05, 0.1) is 17.3 Å². The van der Waals surface area contributed by atoms with E-state index >= 15 is 0 Å². The molecule has 0 radical (unpaired) electrons. The number of hydrogen-bond acceptors (Lipinski definition) is 5. The molecule has 0 saturated carbocycles. The number of amides is 4. The van der Waals surface area contributed by atoms with Crippen LogP contribution in [0.1, 0.15) is 29.2 Å². The van der Waals surface area contributed by atoms with E-state index in [0.29, 0.717) is 28.7 Å². The molecule has 0 atom stereocenters. The smallest absolute Gasteiger partial charge is 0.335 e. The van der Waals surface area contributed by atoms with Crippen LogP contribution in [0, 0.1) is 13.8 Å². The van der Waals surface area contributed by atoms with Crippen LogP contribution in [-0.2, 0) is 16.2 Å². The molecule has 0 aliphatic carbocycles. The highest BCUT2D eigenvalue weighted by molar-refractivity contribution is 6.39. The number of fused-ring (bicyclic) bond motifs is 1. The monoisotopic (exact) mass is 588 g/mol. The number of urea groups is 1. The number of halogens is 2. The van der Waals surface area contributed by atoms with Gasteiger partial charge in [0, 0.05) is 10.6 Å². The second-order valence-corrected chi connectivity index (χ2v) is 10.3. The summed E-state index contributed by atoms with van der Waals surface area (Å²) in [5.41, 5.74) is 3.29. The highest BCUT2D eigenvalue weighted by atomic mass is 35.5. The first-order valence-corrected chi connectivity index (χ1v) is 13.7. The molecule has 1 aliphatic heterocycles. The van der Waals surface area contributed by atoms with E-state index < -0.39 is 17.8 Å². The summed E-state index contributed by atoms with van der Waals surface area (Å²) in [4.78, 5) is 39.5. The zero-order valence-corrected chi connectivity index (χ0v) is 24.1. The van der Waals surface area contributed by atoms with Gasteiger partial charge < -0.3 is 9.47 Å². The van der Waals surface area contributed by atoms with Crippen molar-refractivity contribution in [2.24, 2.45) is 0 Å². The van der Waals surface area contributed by atoms with Crippen molar-refractivity contribution < 1.29 is 23.9 Å². The van der Waals surface area contributed by atoms with Gasteiger partial charge in [0.2, 0.25) is 0 Å². The van der Waals surface area contributed by atoms with Crippen LogP contribution < -0.4 is 19.7 Å². The number of benzene rings is 4. The Labute approximate surface area is 247 Å². The Kier molecular flexibility index (Phi) is 8.01. The topological polar surface area (TPSA) is 84.9 Å². The molecule has 208 valence electrons. The van der Waals surface area contributed by atoms with Gasteiger partial charge in [0.25, 0.3) is 11.8 Å². The number of anilines is 1. The maximum atomic E-state index is 13.4. The Hall–Kier alpha value is -4.33. The van der Waals surface area contributed by atoms with Crippen LogP contribution in [0.3, 0.4) is 0 Å². The van der Waals surface area contributed by atoms with E-state index in [1.165, 1.54) is 12.1 Å². The first-order valence-electron chi connectivity index (χ1n) is 12.9. The van der Waals surface area contributed by atoms with Crippen molar-refractivity contribution in [1.82, 2.24) is 5.32 Å². The van der Waals surface area contributed by atoms with Crippen molar-refractivity contribution in [2.45, 2.75) is 27.4 Å². The summed E-state index contributed by atoms with van der Waals surface area (Å²) < 4.78 is 12.0. The van der Waals surface area contributed by atoms with Crippen molar-refractivity contribution in [3.8, 4) is 11.5 Å². The lowest BCUT2D eigenvalue weighted by atomic mass is 10.0. The quantitative estimate of drug-likeness (QED) is 0.179. The summed E-state index contributed by atoms with van der Waals surface area (Å²) in [7, 11) is 0. The molecule has 4 aromatic carbocycles. The van der Waals surface area contributed by atoms with Gasteiger partial charge in [-0.15, -0.1) is 0 Å². The highest BCUT2D eigenvalue weighted by Crippen LogP contribution is 2.39. The second-order valence-electron chi connectivity index (χ2n) is 9.53. The van der Waals surface area contributed by atoms with Crippen LogP contribution in [0.4, 0.5) is 10.5 Å². The largest absolute Gasteiger partial charge is 0.490 e. The SMILES string of the molecule is CCOc1cc(/C=C2\C(=O)NC(=O)N(c3ccc(C)c(Cl)c3)C2=O)cc(Cl)c1OCc1c(C)ccc2ccccc12. The third kappa shape index (κ3) is 5.64. The van der Waals surface area contributed by atoms with E-state index in [4.69, 9.17) is 32.7 Å². The number of imide groups is 2. The molecule has 4 amide bonds. The Morgan fingerprint density at radius 1 is 0.878 bits per heavy atom. The Bertz CT molecular complexity index is 1750. The van der Waals surface area contributed by atoms with E-state index in [-0.39, 0.29) is 22.9 Å². The van der Waals surface area contributed by atoms with Gasteiger partial charge in [-0.3, -0.25) is 14.9 Å². The van der Waals surface area contributed by atoms with Gasteiger partial charge in [-0.1, -0.05) is 65.7 Å². The van der Waals surface area contributed by atoms with Crippen molar-refractivity contribution in [3.63, 3.8) is 0 Å². The van der Waals surface area contributed by atoms with E-state index in [2.05, 4.69) is 11.4 Å². The number of nitrogens with one attached hydrogen (secondary N) is 1. The maximum absolute atomic E-state index is 13.4. The van der Waals surface area contributed by atoms with Crippen molar-refractivity contribution in [1.29, 1.82) is 0 Å². The molecule has 9 heteroatoms. The number of ether oxygens (including phenoxy) is 2. The number of carbonyl (C=O) groups is 3. The van der Waals surface area contributed by atoms with Crippen molar-refractivity contribution in [2.75, 3.05) is 11.5 Å².